The summed E-state index contributed by atoms with van der Waals surface area (Å²) in [5.41, 5.74) is 1.65. The summed E-state index contributed by atoms with van der Waals surface area (Å²) in [4.78, 5) is 32.2. The minimum absolute atomic E-state index is 0.0940. The Morgan fingerprint density at radius 2 is 1.71 bits per heavy atom. The molecule has 1 atom stereocenters. The summed E-state index contributed by atoms with van der Waals surface area (Å²) in [5.74, 6) is -0.888. The van der Waals surface area contributed by atoms with E-state index >= 15 is 0 Å². The highest BCUT2D eigenvalue weighted by molar-refractivity contribution is 8.00. The van der Waals surface area contributed by atoms with Crippen molar-refractivity contribution in [3.63, 3.8) is 0 Å². The van der Waals surface area contributed by atoms with Gasteiger partial charge in [0, 0.05) is 23.7 Å². The van der Waals surface area contributed by atoms with Gasteiger partial charge in [-0.25, -0.2) is 4.39 Å². The number of aromatic nitrogens is 3. The van der Waals surface area contributed by atoms with Gasteiger partial charge in [0.1, 0.15) is 11.6 Å². The number of Topliss-reactive ketones (excluding diaryl/α,β-unsaturated/α-hetero) is 1. The van der Waals surface area contributed by atoms with E-state index in [1.165, 1.54) is 41.2 Å². The number of amides is 1. The molecule has 1 unspecified atom stereocenters. The normalized spacial score (nSPS) is 16.3. The van der Waals surface area contributed by atoms with Crippen molar-refractivity contribution in [3.8, 4) is 11.5 Å². The number of anilines is 1. The van der Waals surface area contributed by atoms with E-state index < -0.39 is 17.7 Å². The summed E-state index contributed by atoms with van der Waals surface area (Å²) in [5, 5.41) is 19.9. The third-order valence-electron chi connectivity index (χ3n) is 6.16. The zero-order valence-electron chi connectivity index (χ0n) is 22.1. The van der Waals surface area contributed by atoms with E-state index in [9.17, 15) is 19.1 Å². The van der Waals surface area contributed by atoms with Crippen molar-refractivity contribution in [3.05, 3.63) is 95.1 Å². The van der Waals surface area contributed by atoms with E-state index in [4.69, 9.17) is 9.47 Å². The third-order valence-corrected chi connectivity index (χ3v) is 8.29. The van der Waals surface area contributed by atoms with Crippen molar-refractivity contribution in [1.29, 1.82) is 0 Å². The van der Waals surface area contributed by atoms with Crippen molar-refractivity contribution in [1.82, 2.24) is 15.2 Å². The quantitative estimate of drug-likeness (QED) is 0.0804. The fraction of sp³-hybridized carbons (Fsp3) is 0.207. The second kappa shape index (κ2) is 12.5. The Kier molecular flexibility index (Phi) is 8.60. The van der Waals surface area contributed by atoms with Gasteiger partial charge in [-0.2, -0.15) is 0 Å². The van der Waals surface area contributed by atoms with Gasteiger partial charge in [0.15, 0.2) is 15.8 Å². The first kappa shape index (κ1) is 28.2. The van der Waals surface area contributed by atoms with Crippen molar-refractivity contribution in [2.24, 2.45) is 0 Å². The number of ether oxygens (including phenoxy) is 2. The lowest BCUT2D eigenvalue weighted by Crippen LogP contribution is -2.29. The Bertz CT molecular complexity index is 1590. The molecule has 210 valence electrons. The average Bonchev–Trinajstić information content (AvgIpc) is 3.56. The van der Waals surface area contributed by atoms with Gasteiger partial charge in [-0.3, -0.25) is 19.5 Å². The summed E-state index contributed by atoms with van der Waals surface area (Å²) >= 11 is 2.51. The number of nitrogens with zero attached hydrogens (tertiary/aromatic N) is 4. The molecule has 9 nitrogen and oxygen atoms in total. The lowest BCUT2D eigenvalue weighted by molar-refractivity contribution is -0.132. The van der Waals surface area contributed by atoms with E-state index in [2.05, 4.69) is 15.2 Å². The van der Waals surface area contributed by atoms with Crippen molar-refractivity contribution in [2.45, 2.75) is 30.0 Å². The molecule has 0 spiro atoms. The SMILES string of the molecule is CCOc1ccc(C2/C(=C(\O)c3ccncc3)C(=O)C(=O)N2c2nnc(SCc3ccc(F)cc3)s2)cc1OCC. The van der Waals surface area contributed by atoms with Crippen LogP contribution in [-0.4, -0.2) is 45.2 Å². The van der Waals surface area contributed by atoms with Crippen LogP contribution in [0.5, 0.6) is 11.5 Å². The van der Waals surface area contributed by atoms with Gasteiger partial charge in [0.2, 0.25) is 5.13 Å². The van der Waals surface area contributed by atoms with E-state index in [-0.39, 0.29) is 22.3 Å². The maximum atomic E-state index is 13.5. The highest BCUT2D eigenvalue weighted by atomic mass is 32.2. The molecule has 0 radical (unpaired) electrons. The predicted molar refractivity (Wildman–Crippen MR) is 154 cm³/mol. The summed E-state index contributed by atoms with van der Waals surface area (Å²) in [6.07, 6.45) is 2.97. The average molecular weight is 593 g/mol. The Balaban J connectivity index is 1.57. The summed E-state index contributed by atoms with van der Waals surface area (Å²) in [7, 11) is 0. The number of rotatable bonds is 10. The highest BCUT2D eigenvalue weighted by Crippen LogP contribution is 2.45. The number of halogens is 1. The molecule has 2 aromatic carbocycles. The predicted octanol–water partition coefficient (Wildman–Crippen LogP) is 5.79. The van der Waals surface area contributed by atoms with Crippen LogP contribution in [-0.2, 0) is 15.3 Å². The minimum Gasteiger partial charge on any atom is -0.507 e. The molecule has 1 saturated heterocycles. The molecule has 3 heterocycles. The number of thioether (sulfide) groups is 1. The van der Waals surface area contributed by atoms with Crippen LogP contribution in [0.25, 0.3) is 5.76 Å². The molecule has 1 amide bonds. The van der Waals surface area contributed by atoms with Crippen LogP contribution in [0.2, 0.25) is 0 Å². The van der Waals surface area contributed by atoms with Crippen LogP contribution < -0.4 is 14.4 Å². The van der Waals surface area contributed by atoms with Crippen LogP contribution in [0.3, 0.4) is 0 Å². The molecule has 12 heteroatoms. The third kappa shape index (κ3) is 5.93. The molecule has 1 N–H and O–H groups in total. The molecule has 1 aliphatic heterocycles. The standard InChI is InChI=1S/C29H25FN4O5S2/c1-3-38-21-10-7-19(15-22(21)39-4-2)24-23(25(35)18-11-13-31-14-12-18)26(36)27(37)34(24)28-32-33-29(41-28)40-16-17-5-8-20(30)9-6-17/h5-15,24,35H,3-4,16H2,1-2H3/b25-23+. The van der Waals surface area contributed by atoms with Crippen LogP contribution in [0.1, 0.15) is 36.6 Å². The lowest BCUT2D eigenvalue weighted by Gasteiger charge is -2.23. The Labute approximate surface area is 243 Å². The maximum Gasteiger partial charge on any atom is 0.301 e. The molecule has 41 heavy (non-hydrogen) atoms. The molecule has 1 aliphatic rings. The van der Waals surface area contributed by atoms with Crippen LogP contribution >= 0.6 is 23.1 Å². The van der Waals surface area contributed by atoms with Crippen molar-refractivity contribution in [2.75, 3.05) is 18.1 Å². The van der Waals surface area contributed by atoms with Gasteiger partial charge in [-0.1, -0.05) is 41.3 Å². The molecular formula is C29H25FN4O5S2. The Hall–Kier alpha value is -4.29. The maximum absolute atomic E-state index is 13.5. The Morgan fingerprint density at radius 3 is 2.41 bits per heavy atom. The number of hydrogen-bond donors (Lipinski definition) is 1. The number of carbonyl (C=O) groups is 2. The molecule has 2 aromatic heterocycles. The fourth-order valence-corrected chi connectivity index (χ4v) is 6.16. The zero-order valence-corrected chi connectivity index (χ0v) is 23.7. The zero-order chi connectivity index (χ0) is 28.9. The number of ketones is 1. The van der Waals surface area contributed by atoms with Crippen LogP contribution in [0.4, 0.5) is 9.52 Å². The first-order valence-corrected chi connectivity index (χ1v) is 14.5. The molecule has 0 aliphatic carbocycles. The highest BCUT2D eigenvalue weighted by Gasteiger charge is 2.48. The van der Waals surface area contributed by atoms with Gasteiger partial charge in [0.05, 0.1) is 24.8 Å². The second-order valence-corrected chi connectivity index (χ2v) is 10.9. The number of aliphatic hydroxyl groups excluding tert-OH is 1. The monoisotopic (exact) mass is 592 g/mol. The van der Waals surface area contributed by atoms with Crippen LogP contribution in [0, 0.1) is 5.82 Å². The molecule has 0 saturated carbocycles. The number of pyridine rings is 1. The second-order valence-electron chi connectivity index (χ2n) is 8.74. The molecule has 1 fully saturated rings. The number of hydrogen-bond acceptors (Lipinski definition) is 10. The number of aliphatic hydroxyl groups is 1. The van der Waals surface area contributed by atoms with E-state index in [0.29, 0.717) is 45.9 Å². The first-order valence-electron chi connectivity index (χ1n) is 12.7. The smallest absolute Gasteiger partial charge is 0.301 e. The largest absolute Gasteiger partial charge is 0.507 e. The number of carbonyl (C=O) groups excluding carboxylic acids is 2. The van der Waals surface area contributed by atoms with Gasteiger partial charge in [-0.15, -0.1) is 10.2 Å². The fourth-order valence-electron chi connectivity index (χ4n) is 4.33. The first-order chi connectivity index (χ1) is 19.9. The van der Waals surface area contributed by atoms with Gasteiger partial charge < -0.3 is 14.6 Å². The van der Waals surface area contributed by atoms with Crippen molar-refractivity contribution >= 4 is 45.7 Å². The summed E-state index contributed by atoms with van der Waals surface area (Å²) in [6, 6.07) is 13.4. The topological polar surface area (TPSA) is 115 Å². The minimum atomic E-state index is -1.01. The summed E-state index contributed by atoms with van der Waals surface area (Å²) in [6.45, 7) is 4.48. The van der Waals surface area contributed by atoms with Gasteiger partial charge >= 0.3 is 5.91 Å². The van der Waals surface area contributed by atoms with Crippen molar-refractivity contribution < 1.29 is 28.6 Å². The number of benzene rings is 2. The Morgan fingerprint density at radius 1 is 1.00 bits per heavy atom. The van der Waals surface area contributed by atoms with Gasteiger partial charge in [0.25, 0.3) is 5.78 Å². The van der Waals surface area contributed by atoms with Crippen LogP contribution in [0.15, 0.2) is 76.9 Å². The van der Waals surface area contributed by atoms with E-state index in [0.717, 1.165) is 16.9 Å². The van der Waals surface area contributed by atoms with E-state index in [1.807, 2.05) is 13.8 Å². The molecule has 0 bridgehead atoms. The summed E-state index contributed by atoms with van der Waals surface area (Å²) < 4.78 is 25.3. The molecule has 4 aromatic rings. The molecular weight excluding hydrogens is 567 g/mol. The lowest BCUT2D eigenvalue weighted by atomic mass is 9.95. The van der Waals surface area contributed by atoms with Gasteiger partial charge in [-0.05, 0) is 61.4 Å². The van der Waals surface area contributed by atoms with E-state index in [1.54, 1.807) is 42.5 Å². The molecule has 5 rings (SSSR count).